The number of rotatable bonds is 12. The highest BCUT2D eigenvalue weighted by Crippen LogP contribution is 2.30. The second-order valence-electron chi connectivity index (χ2n) is 9.88. The number of nitrogens with one attached hydrogen (secondary N) is 2. The third-order valence-corrected chi connectivity index (χ3v) is 7.08. The fourth-order valence-electron chi connectivity index (χ4n) is 5.03. The van der Waals surface area contributed by atoms with Crippen LogP contribution in [0.15, 0.2) is 48.5 Å². The molecule has 9 heteroatoms. The van der Waals surface area contributed by atoms with Gasteiger partial charge < -0.3 is 15.4 Å². The monoisotopic (exact) mass is 552 g/mol. The Bertz CT molecular complexity index is 1060. The van der Waals surface area contributed by atoms with Crippen LogP contribution >= 0.6 is 11.6 Å². The fourth-order valence-corrected chi connectivity index (χ4v) is 5.23. The normalized spacial score (nSPS) is 16.0. The molecule has 2 aromatic carbocycles. The van der Waals surface area contributed by atoms with Gasteiger partial charge in [0.25, 0.3) is 5.91 Å². The summed E-state index contributed by atoms with van der Waals surface area (Å²) in [4.78, 5) is 24.4. The summed E-state index contributed by atoms with van der Waals surface area (Å²) in [5, 5.41) is 5.50. The van der Waals surface area contributed by atoms with Gasteiger partial charge in [-0.3, -0.25) is 9.59 Å². The van der Waals surface area contributed by atoms with Gasteiger partial charge >= 0.3 is 12.1 Å². The lowest BCUT2D eigenvalue weighted by atomic mass is 9.84. The topological polar surface area (TPSA) is 67.4 Å². The lowest BCUT2D eigenvalue weighted by Crippen LogP contribution is -2.38. The molecule has 1 aliphatic rings. The average Bonchev–Trinajstić information content (AvgIpc) is 2.88. The van der Waals surface area contributed by atoms with E-state index in [0.717, 1.165) is 19.3 Å². The number of carbonyl (C=O) groups excluding carboxylic acids is 2. The summed E-state index contributed by atoms with van der Waals surface area (Å²) >= 11 is 6.18. The fraction of sp³-hybridized carbons (Fsp3) is 0.517. The lowest BCUT2D eigenvalue weighted by molar-refractivity contribution is -0.173. The van der Waals surface area contributed by atoms with E-state index >= 15 is 0 Å². The number of alkyl halides is 3. The van der Waals surface area contributed by atoms with Crippen LogP contribution in [0.4, 0.5) is 13.2 Å². The van der Waals surface area contributed by atoms with Crippen molar-refractivity contribution in [2.75, 3.05) is 13.2 Å². The van der Waals surface area contributed by atoms with E-state index in [1.807, 2.05) is 5.32 Å². The van der Waals surface area contributed by atoms with Crippen LogP contribution in [-0.2, 0) is 9.53 Å². The molecule has 38 heavy (non-hydrogen) atoms. The first-order chi connectivity index (χ1) is 18.2. The Balaban J connectivity index is 1.73. The van der Waals surface area contributed by atoms with Crippen LogP contribution in [0.25, 0.3) is 0 Å². The molecule has 2 N–H and O–H groups in total. The van der Waals surface area contributed by atoms with Crippen molar-refractivity contribution >= 4 is 23.4 Å². The third kappa shape index (κ3) is 9.31. The van der Waals surface area contributed by atoms with Crippen LogP contribution < -0.4 is 10.6 Å². The van der Waals surface area contributed by atoms with Crippen LogP contribution in [0.5, 0.6) is 0 Å². The first-order valence-corrected chi connectivity index (χ1v) is 13.7. The zero-order chi connectivity index (χ0) is 27.5. The highest BCUT2D eigenvalue weighted by molar-refractivity contribution is 6.30. The van der Waals surface area contributed by atoms with Crippen molar-refractivity contribution in [1.29, 1.82) is 0 Å². The molecule has 0 radical (unpaired) electrons. The van der Waals surface area contributed by atoms with Gasteiger partial charge in [0.15, 0.2) is 0 Å². The summed E-state index contributed by atoms with van der Waals surface area (Å²) in [5.41, 5.74) is 1.81. The summed E-state index contributed by atoms with van der Waals surface area (Å²) in [7, 11) is 0. The second kappa shape index (κ2) is 14.5. The van der Waals surface area contributed by atoms with Gasteiger partial charge in [-0.1, -0.05) is 81.3 Å². The molecule has 1 unspecified atom stereocenters. The maximum Gasteiger partial charge on any atom is 0.471 e. The minimum atomic E-state index is -4.96. The number of benzene rings is 2. The summed E-state index contributed by atoms with van der Waals surface area (Å²) in [6, 6.07) is 14.1. The van der Waals surface area contributed by atoms with Crippen molar-refractivity contribution < 1.29 is 27.5 Å². The third-order valence-electron chi connectivity index (χ3n) is 6.85. The van der Waals surface area contributed by atoms with Crippen LogP contribution in [0, 0.1) is 5.92 Å². The average molecular weight is 553 g/mol. The van der Waals surface area contributed by atoms with Crippen LogP contribution in [0.1, 0.15) is 85.9 Å². The zero-order valence-corrected chi connectivity index (χ0v) is 22.4. The number of halogens is 4. The van der Waals surface area contributed by atoms with Crippen molar-refractivity contribution in [2.24, 2.45) is 5.92 Å². The Morgan fingerprint density at radius 2 is 1.74 bits per heavy atom. The molecule has 0 saturated heterocycles. The van der Waals surface area contributed by atoms with Crippen LogP contribution in [0.2, 0.25) is 5.02 Å². The lowest BCUT2D eigenvalue weighted by Gasteiger charge is -2.27. The molecule has 1 saturated carbocycles. The molecule has 0 bridgehead atoms. The number of ether oxygens (including phenoxy) is 1. The molecule has 2 aromatic rings. The Morgan fingerprint density at radius 1 is 1.05 bits per heavy atom. The molecule has 0 spiro atoms. The van der Waals surface area contributed by atoms with Gasteiger partial charge in [0, 0.05) is 23.2 Å². The first-order valence-electron chi connectivity index (χ1n) is 13.3. The van der Waals surface area contributed by atoms with Gasteiger partial charge in [-0.25, -0.2) is 0 Å². The van der Waals surface area contributed by atoms with Crippen molar-refractivity contribution in [3.63, 3.8) is 0 Å². The maximum atomic E-state index is 13.2. The maximum absolute atomic E-state index is 13.2. The number of amides is 2. The Labute approximate surface area is 227 Å². The molecular formula is C29H36ClF3N2O3. The van der Waals surface area contributed by atoms with Crippen LogP contribution in [-0.4, -0.2) is 37.2 Å². The standard InChI is InChI=1S/C29H36ClF3N2O3/c1-2-8-25(17-20-9-4-3-5-10-20)35-27(36)23-13-6-11-21(18-23)26(22-12-7-14-24(30)19-22)38-16-15-34-28(37)29(31,32)33/h6-7,11-14,18-20,25-26H,2-5,8-10,15-17H2,1H3,(H,34,37)(H,35,36)/t25-,26?/m1/s1. The minimum Gasteiger partial charge on any atom is -0.367 e. The van der Waals surface area contributed by atoms with Gasteiger partial charge in [-0.05, 0) is 54.2 Å². The molecule has 2 atom stereocenters. The summed E-state index contributed by atoms with van der Waals surface area (Å²) in [6.07, 6.45) is 3.46. The van der Waals surface area contributed by atoms with E-state index in [0.29, 0.717) is 27.6 Å². The Morgan fingerprint density at radius 3 is 2.39 bits per heavy atom. The van der Waals surface area contributed by atoms with E-state index in [9.17, 15) is 22.8 Å². The molecule has 5 nitrogen and oxygen atoms in total. The molecule has 0 aliphatic heterocycles. The van der Waals surface area contributed by atoms with Gasteiger partial charge in [-0.2, -0.15) is 13.2 Å². The molecule has 2 amide bonds. The van der Waals surface area contributed by atoms with E-state index < -0.39 is 18.2 Å². The SMILES string of the molecule is CCC[C@H](CC1CCCCC1)NC(=O)c1cccc(C(OCCNC(=O)C(F)(F)F)c2cccc(Cl)c2)c1. The van der Waals surface area contributed by atoms with E-state index in [1.54, 1.807) is 48.5 Å². The van der Waals surface area contributed by atoms with Gasteiger partial charge in [-0.15, -0.1) is 0 Å². The first kappa shape index (κ1) is 30.0. The minimum absolute atomic E-state index is 0.108. The van der Waals surface area contributed by atoms with Crippen molar-refractivity contribution in [1.82, 2.24) is 10.6 Å². The van der Waals surface area contributed by atoms with Crippen LogP contribution in [0.3, 0.4) is 0 Å². The molecule has 3 rings (SSSR count). The predicted octanol–water partition coefficient (Wildman–Crippen LogP) is 6.99. The molecule has 1 fully saturated rings. The van der Waals surface area contributed by atoms with Gasteiger partial charge in [0.1, 0.15) is 6.10 Å². The van der Waals surface area contributed by atoms with E-state index in [4.69, 9.17) is 16.3 Å². The Hall–Kier alpha value is -2.58. The molecule has 1 aliphatic carbocycles. The van der Waals surface area contributed by atoms with E-state index in [2.05, 4.69) is 12.2 Å². The predicted molar refractivity (Wildman–Crippen MR) is 142 cm³/mol. The number of hydrogen-bond donors (Lipinski definition) is 2. The molecule has 0 heterocycles. The number of hydrogen-bond acceptors (Lipinski definition) is 3. The van der Waals surface area contributed by atoms with Gasteiger partial charge in [0.2, 0.25) is 0 Å². The number of carbonyl (C=O) groups is 2. The quantitative estimate of drug-likeness (QED) is 0.279. The summed E-state index contributed by atoms with van der Waals surface area (Å²) < 4.78 is 43.4. The second-order valence-corrected chi connectivity index (χ2v) is 10.3. The molecule has 0 aromatic heterocycles. The molecule has 208 valence electrons. The highest BCUT2D eigenvalue weighted by atomic mass is 35.5. The largest absolute Gasteiger partial charge is 0.471 e. The summed E-state index contributed by atoms with van der Waals surface area (Å²) in [5.74, 6) is -1.54. The van der Waals surface area contributed by atoms with Crippen molar-refractivity contribution in [2.45, 2.75) is 76.6 Å². The molecular weight excluding hydrogens is 517 g/mol. The zero-order valence-electron chi connectivity index (χ0n) is 21.7. The van der Waals surface area contributed by atoms with E-state index in [-0.39, 0.29) is 25.1 Å². The van der Waals surface area contributed by atoms with Crippen molar-refractivity contribution in [3.05, 3.63) is 70.2 Å². The van der Waals surface area contributed by atoms with E-state index in [1.165, 1.54) is 32.1 Å². The summed E-state index contributed by atoms with van der Waals surface area (Å²) in [6.45, 7) is 1.62. The van der Waals surface area contributed by atoms with Crippen molar-refractivity contribution in [3.8, 4) is 0 Å². The van der Waals surface area contributed by atoms with Gasteiger partial charge in [0.05, 0.1) is 6.61 Å². The highest BCUT2D eigenvalue weighted by Gasteiger charge is 2.38. The smallest absolute Gasteiger partial charge is 0.367 e. The Kier molecular flexibility index (Phi) is 11.5.